The second kappa shape index (κ2) is 7.01. The molecule has 2 rings (SSSR count). The van der Waals surface area contributed by atoms with Gasteiger partial charge in [0.2, 0.25) is 0 Å². The summed E-state index contributed by atoms with van der Waals surface area (Å²) in [5.74, 6) is -0.586. The van der Waals surface area contributed by atoms with E-state index in [-0.39, 0.29) is 17.7 Å². The first-order chi connectivity index (χ1) is 10.0. The minimum Gasteiger partial charge on any atom is -0.310 e. The minimum absolute atomic E-state index is 0.241. The van der Waals surface area contributed by atoms with E-state index in [1.807, 2.05) is 13.8 Å². The van der Waals surface area contributed by atoms with Crippen LogP contribution in [0.25, 0.3) is 0 Å². The third-order valence-electron chi connectivity index (χ3n) is 3.52. The van der Waals surface area contributed by atoms with Crippen molar-refractivity contribution in [3.05, 3.63) is 69.7 Å². The average molecular weight is 310 g/mol. The Labute approximate surface area is 128 Å². The third kappa shape index (κ3) is 4.02. The normalized spacial score (nSPS) is 12.4. The highest BCUT2D eigenvalue weighted by Gasteiger charge is 2.17. The van der Waals surface area contributed by atoms with Crippen LogP contribution in [0.4, 0.5) is 8.78 Å². The van der Waals surface area contributed by atoms with E-state index in [2.05, 4.69) is 5.32 Å². The number of halogens is 3. The van der Waals surface area contributed by atoms with Crippen LogP contribution in [0.1, 0.15) is 29.7 Å². The molecule has 0 amide bonds. The molecule has 4 heteroatoms. The van der Waals surface area contributed by atoms with E-state index in [9.17, 15) is 8.78 Å². The van der Waals surface area contributed by atoms with Crippen LogP contribution in [-0.4, -0.2) is 6.54 Å². The van der Waals surface area contributed by atoms with Crippen molar-refractivity contribution in [2.45, 2.75) is 26.3 Å². The molecule has 1 nitrogen and oxygen atoms in total. The van der Waals surface area contributed by atoms with Gasteiger partial charge in [0.1, 0.15) is 11.6 Å². The molecule has 21 heavy (non-hydrogen) atoms. The Morgan fingerprint density at radius 1 is 1.14 bits per heavy atom. The molecule has 0 heterocycles. The zero-order valence-electron chi connectivity index (χ0n) is 12.1. The van der Waals surface area contributed by atoms with Crippen LogP contribution in [0.15, 0.2) is 36.4 Å². The van der Waals surface area contributed by atoms with E-state index in [0.717, 1.165) is 11.1 Å². The number of aryl methyl sites for hydroxylation is 1. The number of benzene rings is 2. The quantitative estimate of drug-likeness (QED) is 0.835. The zero-order chi connectivity index (χ0) is 15.4. The molecule has 0 aliphatic heterocycles. The summed E-state index contributed by atoms with van der Waals surface area (Å²) in [6.45, 7) is 4.56. The lowest BCUT2D eigenvalue weighted by atomic mass is 9.95. The predicted octanol–water partition coefficient (Wildman–Crippen LogP) is 4.82. The highest BCUT2D eigenvalue weighted by atomic mass is 35.5. The van der Waals surface area contributed by atoms with E-state index in [0.29, 0.717) is 23.6 Å². The molecule has 1 unspecified atom stereocenters. The summed E-state index contributed by atoms with van der Waals surface area (Å²) >= 11 is 5.97. The summed E-state index contributed by atoms with van der Waals surface area (Å²) < 4.78 is 27.5. The van der Waals surface area contributed by atoms with Crippen LogP contribution < -0.4 is 5.32 Å². The monoisotopic (exact) mass is 309 g/mol. The third-order valence-corrected chi connectivity index (χ3v) is 3.75. The standard InChI is InChI=1S/C17H18ClF2N/c1-3-21-17(15-10-13(18)5-7-16(15)20)9-12-8-14(19)6-4-11(12)2/h4-8,10,17,21H,3,9H2,1-2H3. The van der Waals surface area contributed by atoms with Crippen molar-refractivity contribution in [1.29, 1.82) is 0 Å². The first-order valence-corrected chi connectivity index (χ1v) is 7.32. The van der Waals surface area contributed by atoms with Crippen molar-refractivity contribution in [2.24, 2.45) is 0 Å². The number of hydrogen-bond acceptors (Lipinski definition) is 1. The van der Waals surface area contributed by atoms with Crippen molar-refractivity contribution in [3.8, 4) is 0 Å². The number of rotatable bonds is 5. The van der Waals surface area contributed by atoms with Crippen LogP contribution >= 0.6 is 11.6 Å². The molecule has 112 valence electrons. The molecule has 0 radical (unpaired) electrons. The van der Waals surface area contributed by atoms with Crippen LogP contribution in [0, 0.1) is 18.6 Å². The number of likely N-dealkylation sites (N-methyl/N-ethyl adjacent to an activating group) is 1. The number of hydrogen-bond donors (Lipinski definition) is 1. The number of nitrogens with one attached hydrogen (secondary N) is 1. The van der Waals surface area contributed by atoms with Crippen LogP contribution in [0.2, 0.25) is 5.02 Å². The summed E-state index contributed by atoms with van der Waals surface area (Å²) in [6.07, 6.45) is 0.509. The molecular weight excluding hydrogens is 292 g/mol. The SMILES string of the molecule is CCNC(Cc1cc(F)ccc1C)c1cc(Cl)ccc1F. The highest BCUT2D eigenvalue weighted by Crippen LogP contribution is 2.26. The zero-order valence-corrected chi connectivity index (χ0v) is 12.8. The predicted molar refractivity (Wildman–Crippen MR) is 82.7 cm³/mol. The van der Waals surface area contributed by atoms with Gasteiger partial charge in [0, 0.05) is 16.6 Å². The Balaban J connectivity index is 2.35. The fourth-order valence-corrected chi connectivity index (χ4v) is 2.58. The molecule has 1 atom stereocenters. The molecule has 0 bridgehead atoms. The fourth-order valence-electron chi connectivity index (χ4n) is 2.40. The summed E-state index contributed by atoms with van der Waals surface area (Å²) in [5, 5.41) is 3.73. The second-order valence-corrected chi connectivity index (χ2v) is 5.49. The van der Waals surface area contributed by atoms with Crippen LogP contribution in [0.3, 0.4) is 0 Å². The lowest BCUT2D eigenvalue weighted by Crippen LogP contribution is -2.24. The van der Waals surface area contributed by atoms with E-state index in [4.69, 9.17) is 11.6 Å². The van der Waals surface area contributed by atoms with Gasteiger partial charge >= 0.3 is 0 Å². The summed E-state index contributed by atoms with van der Waals surface area (Å²) in [5.41, 5.74) is 2.36. The molecule has 0 aromatic heterocycles. The van der Waals surface area contributed by atoms with E-state index in [1.165, 1.54) is 24.3 Å². The lowest BCUT2D eigenvalue weighted by molar-refractivity contribution is 0.508. The first-order valence-electron chi connectivity index (χ1n) is 6.94. The molecule has 0 saturated heterocycles. The van der Waals surface area contributed by atoms with Crippen molar-refractivity contribution in [3.63, 3.8) is 0 Å². The van der Waals surface area contributed by atoms with Crippen LogP contribution in [-0.2, 0) is 6.42 Å². The van der Waals surface area contributed by atoms with E-state index >= 15 is 0 Å². The maximum atomic E-state index is 14.1. The summed E-state index contributed by atoms with van der Waals surface area (Å²) in [7, 11) is 0. The average Bonchev–Trinajstić information content (AvgIpc) is 2.45. The Hall–Kier alpha value is -1.45. The Bertz CT molecular complexity index is 628. The summed E-state index contributed by atoms with van der Waals surface area (Å²) in [6, 6.07) is 8.94. The van der Waals surface area contributed by atoms with Gasteiger partial charge in [-0.25, -0.2) is 8.78 Å². The van der Waals surface area contributed by atoms with Gasteiger partial charge in [0.25, 0.3) is 0 Å². The van der Waals surface area contributed by atoms with Crippen molar-refractivity contribution in [1.82, 2.24) is 5.32 Å². The fraction of sp³-hybridized carbons (Fsp3) is 0.294. The molecule has 0 spiro atoms. The van der Waals surface area contributed by atoms with Gasteiger partial charge in [-0.2, -0.15) is 0 Å². The van der Waals surface area contributed by atoms with Crippen molar-refractivity contribution >= 4 is 11.6 Å². The first kappa shape index (κ1) is 15.9. The minimum atomic E-state index is -0.306. The van der Waals surface area contributed by atoms with Crippen molar-refractivity contribution < 1.29 is 8.78 Å². The Morgan fingerprint density at radius 2 is 1.90 bits per heavy atom. The molecule has 0 aliphatic rings. The van der Waals surface area contributed by atoms with Gasteiger partial charge in [0.05, 0.1) is 0 Å². The van der Waals surface area contributed by atoms with E-state index < -0.39 is 0 Å². The molecule has 1 N–H and O–H groups in total. The van der Waals surface area contributed by atoms with Gasteiger partial charge < -0.3 is 5.32 Å². The molecule has 0 fully saturated rings. The molecule has 0 saturated carbocycles. The Morgan fingerprint density at radius 3 is 2.62 bits per heavy atom. The maximum Gasteiger partial charge on any atom is 0.128 e. The van der Waals surface area contributed by atoms with Gasteiger partial charge in [-0.05, 0) is 61.3 Å². The summed E-state index contributed by atoms with van der Waals surface area (Å²) in [4.78, 5) is 0. The molecule has 0 aliphatic carbocycles. The second-order valence-electron chi connectivity index (χ2n) is 5.05. The molecular formula is C17H18ClF2N. The van der Waals surface area contributed by atoms with Gasteiger partial charge in [-0.1, -0.05) is 24.6 Å². The van der Waals surface area contributed by atoms with Gasteiger partial charge in [0.15, 0.2) is 0 Å². The van der Waals surface area contributed by atoms with E-state index in [1.54, 1.807) is 12.1 Å². The van der Waals surface area contributed by atoms with Gasteiger partial charge in [-0.3, -0.25) is 0 Å². The largest absolute Gasteiger partial charge is 0.310 e. The Kier molecular flexibility index (Phi) is 5.32. The van der Waals surface area contributed by atoms with Crippen molar-refractivity contribution in [2.75, 3.05) is 6.54 Å². The highest BCUT2D eigenvalue weighted by molar-refractivity contribution is 6.30. The molecule has 2 aromatic carbocycles. The smallest absolute Gasteiger partial charge is 0.128 e. The topological polar surface area (TPSA) is 12.0 Å². The van der Waals surface area contributed by atoms with Crippen LogP contribution in [0.5, 0.6) is 0 Å². The maximum absolute atomic E-state index is 14.1. The van der Waals surface area contributed by atoms with Gasteiger partial charge in [-0.15, -0.1) is 0 Å². The molecule has 2 aromatic rings. The lowest BCUT2D eigenvalue weighted by Gasteiger charge is -2.20.